The van der Waals surface area contributed by atoms with Gasteiger partial charge in [0, 0.05) is 26.7 Å². The van der Waals surface area contributed by atoms with Crippen molar-refractivity contribution in [3.8, 4) is 0 Å². The lowest BCUT2D eigenvalue weighted by molar-refractivity contribution is -0.130. The van der Waals surface area contributed by atoms with Gasteiger partial charge in [-0.1, -0.05) is 43.2 Å². The molecular weight excluding hydrogens is 350 g/mol. The highest BCUT2D eigenvalue weighted by atomic mass is 16.2. The Labute approximate surface area is 170 Å². The van der Waals surface area contributed by atoms with E-state index >= 15 is 0 Å². The van der Waals surface area contributed by atoms with Crippen LogP contribution in [0.25, 0.3) is 0 Å². The number of nitrogens with one attached hydrogen (secondary N) is 2. The van der Waals surface area contributed by atoms with E-state index in [1.807, 2.05) is 42.2 Å². The van der Waals surface area contributed by atoms with Crippen molar-refractivity contribution in [1.29, 1.82) is 0 Å². The molecule has 0 saturated carbocycles. The number of likely N-dealkylation sites (N-methyl/N-ethyl adjacent to an activating group) is 1. The summed E-state index contributed by atoms with van der Waals surface area (Å²) in [7, 11) is 1.75. The molecule has 0 atom stereocenters. The van der Waals surface area contributed by atoms with Crippen molar-refractivity contribution in [3.05, 3.63) is 35.9 Å². The van der Waals surface area contributed by atoms with Gasteiger partial charge in [-0.3, -0.25) is 9.79 Å². The first-order chi connectivity index (χ1) is 13.7. The predicted molar refractivity (Wildman–Crippen MR) is 116 cm³/mol. The molecule has 0 radical (unpaired) electrons. The third-order valence-corrected chi connectivity index (χ3v) is 5.22. The Bertz CT molecular complexity index is 582. The van der Waals surface area contributed by atoms with Crippen LogP contribution < -0.4 is 10.6 Å². The molecule has 1 aromatic rings. The predicted octanol–water partition coefficient (Wildman–Crippen LogP) is 2.47. The van der Waals surface area contributed by atoms with E-state index in [1.165, 1.54) is 38.8 Å². The van der Waals surface area contributed by atoms with E-state index in [-0.39, 0.29) is 12.5 Å². The molecule has 1 heterocycles. The van der Waals surface area contributed by atoms with Gasteiger partial charge in [0.15, 0.2) is 5.96 Å². The number of amides is 1. The van der Waals surface area contributed by atoms with Gasteiger partial charge in [-0.05, 0) is 51.4 Å². The molecule has 6 heteroatoms. The summed E-state index contributed by atoms with van der Waals surface area (Å²) in [6.45, 7) is 8.06. The fourth-order valence-electron chi connectivity index (χ4n) is 3.54. The molecule has 28 heavy (non-hydrogen) atoms. The zero-order valence-electron chi connectivity index (χ0n) is 17.6. The first-order valence-corrected chi connectivity index (χ1v) is 10.7. The van der Waals surface area contributed by atoms with Gasteiger partial charge in [-0.25, -0.2) is 0 Å². The van der Waals surface area contributed by atoms with Crippen molar-refractivity contribution in [1.82, 2.24) is 20.4 Å². The lowest BCUT2D eigenvalue weighted by Crippen LogP contribution is -2.45. The van der Waals surface area contributed by atoms with Crippen molar-refractivity contribution in [2.75, 3.05) is 46.3 Å². The number of benzene rings is 1. The SMILES string of the molecule is CCN(Cc1ccccc1)C(=O)CNC(=NC)NCCCN1CCCCCC1. The van der Waals surface area contributed by atoms with Gasteiger partial charge in [-0.2, -0.15) is 0 Å². The molecule has 2 N–H and O–H groups in total. The Morgan fingerprint density at radius 3 is 2.46 bits per heavy atom. The second kappa shape index (κ2) is 13.2. The molecule has 1 aliphatic rings. The van der Waals surface area contributed by atoms with Crippen molar-refractivity contribution in [2.24, 2.45) is 4.99 Å². The number of aliphatic imine (C=N–C) groups is 1. The first kappa shape index (κ1) is 22.2. The van der Waals surface area contributed by atoms with Crippen molar-refractivity contribution in [2.45, 2.75) is 45.6 Å². The zero-order valence-corrected chi connectivity index (χ0v) is 17.6. The van der Waals surface area contributed by atoms with Gasteiger partial charge in [0.2, 0.25) is 5.91 Å². The molecule has 1 aliphatic heterocycles. The lowest BCUT2D eigenvalue weighted by Gasteiger charge is -2.22. The third-order valence-electron chi connectivity index (χ3n) is 5.22. The third kappa shape index (κ3) is 8.30. The number of likely N-dealkylation sites (tertiary alicyclic amines) is 1. The minimum Gasteiger partial charge on any atom is -0.356 e. The Hall–Kier alpha value is -2.08. The van der Waals surface area contributed by atoms with Crippen LogP contribution >= 0.6 is 0 Å². The number of nitrogens with zero attached hydrogens (tertiary/aromatic N) is 3. The van der Waals surface area contributed by atoms with Gasteiger partial charge >= 0.3 is 0 Å². The van der Waals surface area contributed by atoms with Crippen LogP contribution in [-0.4, -0.2) is 68.0 Å². The normalized spacial score (nSPS) is 15.7. The summed E-state index contributed by atoms with van der Waals surface area (Å²) in [5.41, 5.74) is 1.15. The molecule has 1 aromatic carbocycles. The highest BCUT2D eigenvalue weighted by Gasteiger charge is 2.13. The van der Waals surface area contributed by atoms with Crippen molar-refractivity contribution in [3.63, 3.8) is 0 Å². The van der Waals surface area contributed by atoms with Crippen molar-refractivity contribution < 1.29 is 4.79 Å². The fraction of sp³-hybridized carbons (Fsp3) is 0.636. The summed E-state index contributed by atoms with van der Waals surface area (Å²) in [6, 6.07) is 10.1. The average Bonchev–Trinajstić information content (AvgIpc) is 3.01. The molecule has 0 unspecified atom stereocenters. The minimum absolute atomic E-state index is 0.0823. The topological polar surface area (TPSA) is 60.0 Å². The Morgan fingerprint density at radius 1 is 1.11 bits per heavy atom. The molecule has 0 spiro atoms. The summed E-state index contributed by atoms with van der Waals surface area (Å²) < 4.78 is 0. The fourth-order valence-corrected chi connectivity index (χ4v) is 3.54. The molecule has 1 fully saturated rings. The monoisotopic (exact) mass is 387 g/mol. The molecule has 0 aromatic heterocycles. The Morgan fingerprint density at radius 2 is 1.82 bits per heavy atom. The second-order valence-electron chi connectivity index (χ2n) is 7.36. The maximum atomic E-state index is 12.5. The van der Waals surface area contributed by atoms with E-state index in [2.05, 4.69) is 20.5 Å². The molecule has 0 aliphatic carbocycles. The maximum absolute atomic E-state index is 12.5. The quantitative estimate of drug-likeness (QED) is 0.388. The molecule has 6 nitrogen and oxygen atoms in total. The van der Waals surface area contributed by atoms with E-state index in [9.17, 15) is 4.79 Å². The lowest BCUT2D eigenvalue weighted by atomic mass is 10.2. The van der Waals surface area contributed by atoms with E-state index < -0.39 is 0 Å². The number of rotatable bonds is 9. The zero-order chi connectivity index (χ0) is 20.0. The second-order valence-corrected chi connectivity index (χ2v) is 7.36. The molecule has 1 amide bonds. The number of hydrogen-bond acceptors (Lipinski definition) is 3. The molecule has 1 saturated heterocycles. The minimum atomic E-state index is 0.0823. The van der Waals surface area contributed by atoms with Crippen LogP contribution in [0.15, 0.2) is 35.3 Å². The van der Waals surface area contributed by atoms with Gasteiger partial charge in [0.25, 0.3) is 0 Å². The highest BCUT2D eigenvalue weighted by molar-refractivity contribution is 5.86. The number of carbonyl (C=O) groups is 1. The Kier molecular flexibility index (Phi) is 10.4. The van der Waals surface area contributed by atoms with Crippen LogP contribution in [0.1, 0.15) is 44.6 Å². The van der Waals surface area contributed by atoms with Gasteiger partial charge in [0.1, 0.15) is 0 Å². The smallest absolute Gasteiger partial charge is 0.242 e. The van der Waals surface area contributed by atoms with Crippen molar-refractivity contribution >= 4 is 11.9 Å². The first-order valence-electron chi connectivity index (χ1n) is 10.7. The van der Waals surface area contributed by atoms with Gasteiger partial charge in [0.05, 0.1) is 6.54 Å². The van der Waals surface area contributed by atoms with Crippen LogP contribution in [0.5, 0.6) is 0 Å². The highest BCUT2D eigenvalue weighted by Crippen LogP contribution is 2.09. The summed E-state index contributed by atoms with van der Waals surface area (Å²) in [4.78, 5) is 21.2. The van der Waals surface area contributed by atoms with E-state index in [0.29, 0.717) is 19.0 Å². The van der Waals surface area contributed by atoms with Crippen LogP contribution in [0.4, 0.5) is 0 Å². The largest absolute Gasteiger partial charge is 0.356 e. The number of hydrogen-bond donors (Lipinski definition) is 2. The van der Waals surface area contributed by atoms with Crippen LogP contribution in [0, 0.1) is 0 Å². The van der Waals surface area contributed by atoms with Gasteiger partial charge < -0.3 is 20.4 Å². The van der Waals surface area contributed by atoms with E-state index in [1.54, 1.807) is 7.05 Å². The summed E-state index contributed by atoms with van der Waals surface area (Å²) in [5.74, 6) is 0.777. The maximum Gasteiger partial charge on any atom is 0.242 e. The van der Waals surface area contributed by atoms with Crippen LogP contribution in [0.2, 0.25) is 0 Å². The molecule has 156 valence electrons. The summed E-state index contributed by atoms with van der Waals surface area (Å²) in [5, 5.41) is 6.48. The Balaban J connectivity index is 1.66. The standard InChI is InChI=1S/C22H37N5O/c1-3-27(19-20-12-7-6-8-13-20)21(28)18-25-22(23-2)24-14-11-17-26-15-9-4-5-10-16-26/h6-8,12-13H,3-5,9-11,14-19H2,1-2H3,(H2,23,24,25). The number of carbonyl (C=O) groups excluding carboxylic acids is 1. The van der Waals surface area contributed by atoms with Gasteiger partial charge in [-0.15, -0.1) is 0 Å². The van der Waals surface area contributed by atoms with E-state index in [4.69, 9.17) is 0 Å². The van der Waals surface area contributed by atoms with E-state index in [0.717, 1.165) is 25.1 Å². The number of guanidine groups is 1. The molecule has 0 bridgehead atoms. The summed E-state index contributed by atoms with van der Waals surface area (Å²) >= 11 is 0. The van der Waals surface area contributed by atoms with Crippen LogP contribution in [0.3, 0.4) is 0 Å². The van der Waals surface area contributed by atoms with Crippen LogP contribution in [-0.2, 0) is 11.3 Å². The molecule has 2 rings (SSSR count). The average molecular weight is 388 g/mol. The molecular formula is C22H37N5O. The summed E-state index contributed by atoms with van der Waals surface area (Å²) in [6.07, 6.45) is 6.49.